The first-order valence-corrected chi connectivity index (χ1v) is 7.75. The molecule has 0 unspecified atom stereocenters. The molecule has 5 heteroatoms. The van der Waals surface area contributed by atoms with Gasteiger partial charge < -0.3 is 9.73 Å². The van der Waals surface area contributed by atoms with Gasteiger partial charge in [0.15, 0.2) is 0 Å². The van der Waals surface area contributed by atoms with E-state index in [4.69, 9.17) is 4.42 Å². The molecule has 0 atom stereocenters. The average Bonchev–Trinajstić information content (AvgIpc) is 3.21. The Morgan fingerprint density at radius 3 is 2.71 bits per heavy atom. The average molecular weight is 321 g/mol. The van der Waals surface area contributed by atoms with Gasteiger partial charge in [-0.1, -0.05) is 18.2 Å². The van der Waals surface area contributed by atoms with Crippen LogP contribution in [0.5, 0.6) is 0 Å². The Morgan fingerprint density at radius 2 is 2.00 bits per heavy atom. The zero-order valence-electron chi connectivity index (χ0n) is 13.7. The van der Waals surface area contributed by atoms with Gasteiger partial charge in [0.25, 0.3) is 0 Å². The number of rotatable bonds is 5. The van der Waals surface area contributed by atoms with Gasteiger partial charge in [-0.25, -0.2) is 4.68 Å². The van der Waals surface area contributed by atoms with Gasteiger partial charge in [-0.2, -0.15) is 5.10 Å². The lowest BCUT2D eigenvalue weighted by Crippen LogP contribution is -2.21. The van der Waals surface area contributed by atoms with Crippen LogP contribution in [-0.4, -0.2) is 15.7 Å². The van der Waals surface area contributed by atoms with E-state index in [1.54, 1.807) is 24.5 Å². The van der Waals surface area contributed by atoms with Gasteiger partial charge in [-0.15, -0.1) is 0 Å². The number of hydrogen-bond acceptors (Lipinski definition) is 3. The first-order chi connectivity index (χ1) is 11.6. The number of nitrogens with one attached hydrogen (secondary N) is 1. The molecule has 0 aliphatic heterocycles. The van der Waals surface area contributed by atoms with E-state index in [9.17, 15) is 4.79 Å². The van der Waals surface area contributed by atoms with E-state index in [2.05, 4.69) is 10.4 Å². The number of amides is 1. The predicted molar refractivity (Wildman–Crippen MR) is 92.6 cm³/mol. The number of aryl methyl sites for hydroxylation is 1. The second-order valence-electron chi connectivity index (χ2n) is 5.46. The van der Waals surface area contributed by atoms with Gasteiger partial charge in [0.05, 0.1) is 17.6 Å². The Morgan fingerprint density at radius 1 is 1.21 bits per heavy atom. The summed E-state index contributed by atoms with van der Waals surface area (Å²) in [5, 5.41) is 7.46. The molecule has 0 aliphatic carbocycles. The van der Waals surface area contributed by atoms with Crippen LogP contribution in [0.2, 0.25) is 0 Å². The van der Waals surface area contributed by atoms with Crippen molar-refractivity contribution in [2.45, 2.75) is 20.4 Å². The summed E-state index contributed by atoms with van der Waals surface area (Å²) in [7, 11) is 0. The predicted octanol–water partition coefficient (Wildman–Crippen LogP) is 3.41. The summed E-state index contributed by atoms with van der Waals surface area (Å²) in [6.07, 6.45) is 4.68. The number of nitrogens with zero attached hydrogens (tertiary/aromatic N) is 2. The SMILES string of the molecule is Cc1nn(-c2ccccc2)c(C)c1CNC(=O)/C=C/c1ccco1. The lowest BCUT2D eigenvalue weighted by atomic mass is 10.2. The maximum atomic E-state index is 11.9. The first-order valence-electron chi connectivity index (χ1n) is 7.75. The summed E-state index contributed by atoms with van der Waals surface area (Å²) in [6, 6.07) is 13.5. The van der Waals surface area contributed by atoms with Gasteiger partial charge in [-0.3, -0.25) is 4.79 Å². The monoisotopic (exact) mass is 321 g/mol. The Labute approximate surface area is 140 Å². The zero-order valence-corrected chi connectivity index (χ0v) is 13.7. The molecule has 0 saturated carbocycles. The third kappa shape index (κ3) is 3.46. The molecule has 0 aliphatic rings. The molecule has 3 aromatic rings. The molecule has 0 fully saturated rings. The van der Waals surface area contributed by atoms with E-state index in [0.717, 1.165) is 22.6 Å². The topological polar surface area (TPSA) is 60.1 Å². The minimum absolute atomic E-state index is 0.169. The maximum absolute atomic E-state index is 11.9. The fraction of sp³-hybridized carbons (Fsp3) is 0.158. The largest absolute Gasteiger partial charge is 0.465 e. The quantitative estimate of drug-likeness (QED) is 0.733. The third-order valence-corrected chi connectivity index (χ3v) is 3.82. The summed E-state index contributed by atoms with van der Waals surface area (Å²) in [6.45, 7) is 4.39. The van der Waals surface area contributed by atoms with Crippen molar-refractivity contribution in [3.05, 3.63) is 77.5 Å². The van der Waals surface area contributed by atoms with Gasteiger partial charge >= 0.3 is 0 Å². The fourth-order valence-electron chi connectivity index (χ4n) is 2.53. The highest BCUT2D eigenvalue weighted by Gasteiger charge is 2.13. The minimum Gasteiger partial charge on any atom is -0.465 e. The number of furan rings is 1. The van der Waals surface area contributed by atoms with Gasteiger partial charge in [0.2, 0.25) is 5.91 Å². The van der Waals surface area contributed by atoms with Crippen LogP contribution in [0.1, 0.15) is 22.7 Å². The summed E-state index contributed by atoms with van der Waals surface area (Å²) in [5.74, 6) is 0.479. The van der Waals surface area contributed by atoms with Crippen LogP contribution in [-0.2, 0) is 11.3 Å². The molecule has 0 radical (unpaired) electrons. The lowest BCUT2D eigenvalue weighted by molar-refractivity contribution is -0.116. The van der Waals surface area contributed by atoms with E-state index in [0.29, 0.717) is 12.3 Å². The Hall–Kier alpha value is -3.08. The van der Waals surface area contributed by atoms with Crippen molar-refractivity contribution in [3.8, 4) is 5.69 Å². The van der Waals surface area contributed by atoms with Crippen molar-refractivity contribution in [3.63, 3.8) is 0 Å². The Balaban J connectivity index is 1.69. The number of hydrogen-bond donors (Lipinski definition) is 1. The fourth-order valence-corrected chi connectivity index (χ4v) is 2.53. The molecule has 5 nitrogen and oxygen atoms in total. The molecule has 2 heterocycles. The first kappa shape index (κ1) is 15.8. The van der Waals surface area contributed by atoms with Crippen molar-refractivity contribution in [1.29, 1.82) is 0 Å². The number of para-hydroxylation sites is 1. The summed E-state index contributed by atoms with van der Waals surface area (Å²) >= 11 is 0. The van der Waals surface area contributed by atoms with E-state index in [-0.39, 0.29) is 5.91 Å². The van der Waals surface area contributed by atoms with Crippen molar-refractivity contribution >= 4 is 12.0 Å². The standard InChI is InChI=1S/C19H19N3O2/c1-14-18(13-20-19(23)11-10-17-9-6-12-24-17)15(2)22(21-14)16-7-4-3-5-8-16/h3-12H,13H2,1-2H3,(H,20,23)/b11-10+. The number of carbonyl (C=O) groups excluding carboxylic acids is 1. The maximum Gasteiger partial charge on any atom is 0.244 e. The number of benzene rings is 1. The highest BCUT2D eigenvalue weighted by Crippen LogP contribution is 2.17. The zero-order chi connectivity index (χ0) is 16.9. The van der Waals surface area contributed by atoms with E-state index in [1.165, 1.54) is 6.08 Å². The number of aromatic nitrogens is 2. The highest BCUT2D eigenvalue weighted by atomic mass is 16.3. The normalized spacial score (nSPS) is 11.1. The van der Waals surface area contributed by atoms with Crippen molar-refractivity contribution in [1.82, 2.24) is 15.1 Å². The van der Waals surface area contributed by atoms with Crippen molar-refractivity contribution in [2.24, 2.45) is 0 Å². The van der Waals surface area contributed by atoms with Crippen molar-refractivity contribution < 1.29 is 9.21 Å². The molecular weight excluding hydrogens is 302 g/mol. The molecule has 1 aromatic carbocycles. The third-order valence-electron chi connectivity index (χ3n) is 3.82. The van der Waals surface area contributed by atoms with Gasteiger partial charge in [0, 0.05) is 23.9 Å². The second kappa shape index (κ2) is 7.00. The molecule has 0 spiro atoms. The number of carbonyl (C=O) groups is 1. The summed E-state index contributed by atoms with van der Waals surface area (Å²) in [5.41, 5.74) is 3.97. The minimum atomic E-state index is -0.169. The van der Waals surface area contributed by atoms with Gasteiger partial charge in [0.1, 0.15) is 5.76 Å². The lowest BCUT2D eigenvalue weighted by Gasteiger charge is -2.06. The molecular formula is C19H19N3O2. The van der Waals surface area contributed by atoms with Crippen LogP contribution in [0.25, 0.3) is 11.8 Å². The molecule has 0 bridgehead atoms. The molecule has 24 heavy (non-hydrogen) atoms. The summed E-state index contributed by atoms with van der Waals surface area (Å²) < 4.78 is 7.06. The molecule has 3 rings (SSSR count). The second-order valence-corrected chi connectivity index (χ2v) is 5.46. The van der Waals surface area contributed by atoms with Crippen LogP contribution in [0.3, 0.4) is 0 Å². The molecule has 0 saturated heterocycles. The smallest absolute Gasteiger partial charge is 0.244 e. The van der Waals surface area contributed by atoms with Crippen LogP contribution < -0.4 is 5.32 Å². The molecule has 1 N–H and O–H groups in total. The summed E-state index contributed by atoms with van der Waals surface area (Å²) in [4.78, 5) is 11.9. The van der Waals surface area contributed by atoms with Crippen molar-refractivity contribution in [2.75, 3.05) is 0 Å². The van der Waals surface area contributed by atoms with E-state index in [1.807, 2.05) is 48.9 Å². The molecule has 1 amide bonds. The van der Waals surface area contributed by atoms with E-state index < -0.39 is 0 Å². The van der Waals surface area contributed by atoms with Crippen LogP contribution in [0, 0.1) is 13.8 Å². The van der Waals surface area contributed by atoms with Crippen LogP contribution in [0.15, 0.2) is 59.2 Å². The Kier molecular flexibility index (Phi) is 4.61. The molecule has 122 valence electrons. The van der Waals surface area contributed by atoms with Crippen LogP contribution in [0.4, 0.5) is 0 Å². The highest BCUT2D eigenvalue weighted by molar-refractivity contribution is 5.91. The van der Waals surface area contributed by atoms with E-state index >= 15 is 0 Å². The van der Waals surface area contributed by atoms with Crippen LogP contribution >= 0.6 is 0 Å². The van der Waals surface area contributed by atoms with Gasteiger partial charge in [-0.05, 0) is 44.2 Å². The Bertz CT molecular complexity index is 846. The molecule has 2 aromatic heterocycles.